The Morgan fingerprint density at radius 1 is 1.00 bits per heavy atom. The van der Waals surface area contributed by atoms with E-state index in [0.29, 0.717) is 0 Å². The summed E-state index contributed by atoms with van der Waals surface area (Å²) in [5.41, 5.74) is 1.87. The van der Waals surface area contributed by atoms with E-state index in [1.807, 2.05) is 6.92 Å². The lowest BCUT2D eigenvalue weighted by Gasteiger charge is -2.22. The monoisotopic (exact) mass is 522 g/mol. The number of nitrogens with one attached hydrogen (secondary N) is 1. The Hall–Kier alpha value is -3.44. The van der Waals surface area contributed by atoms with Crippen LogP contribution in [-0.2, 0) is 10.0 Å². The van der Waals surface area contributed by atoms with Gasteiger partial charge in [0.2, 0.25) is 11.9 Å². The van der Waals surface area contributed by atoms with Crippen LogP contribution in [0.4, 0.5) is 19.0 Å². The second-order valence-electron chi connectivity index (χ2n) is 7.66. The lowest BCUT2D eigenvalue weighted by molar-refractivity contribution is -0.198. The fraction of sp³-hybridized carbons (Fsp3) is 0.174. The van der Waals surface area contributed by atoms with E-state index in [2.05, 4.69) is 19.7 Å². The van der Waals surface area contributed by atoms with Gasteiger partial charge in [-0.2, -0.15) is 13.2 Å². The standard InChI is InChI=1S/C23H18ClF3N4O3S/c1-13-10-17-18(11-14(13)2)30-22(34-20(23(25,26)27)15-6-5-9-28-12-15)21(29-17)31-35(32,33)19-8-4-3-7-16(19)24/h3-12,20H,1-2H3,(H,29,31). The van der Waals surface area contributed by atoms with Crippen LogP contribution in [0.25, 0.3) is 11.0 Å². The van der Waals surface area contributed by atoms with E-state index < -0.39 is 34.0 Å². The van der Waals surface area contributed by atoms with Crippen LogP contribution in [0.5, 0.6) is 5.88 Å². The van der Waals surface area contributed by atoms with E-state index in [4.69, 9.17) is 16.3 Å². The van der Waals surface area contributed by atoms with E-state index in [1.54, 1.807) is 25.1 Å². The van der Waals surface area contributed by atoms with Gasteiger partial charge < -0.3 is 4.74 Å². The van der Waals surface area contributed by atoms with Crippen LogP contribution < -0.4 is 9.46 Å². The van der Waals surface area contributed by atoms with Crippen LogP contribution in [0.1, 0.15) is 22.8 Å². The third-order valence-electron chi connectivity index (χ3n) is 5.12. The average Bonchev–Trinajstić information content (AvgIpc) is 2.78. The largest absolute Gasteiger partial charge is 0.457 e. The van der Waals surface area contributed by atoms with E-state index >= 15 is 0 Å². The molecule has 0 aliphatic heterocycles. The summed E-state index contributed by atoms with van der Waals surface area (Å²) in [6.45, 7) is 3.62. The second-order valence-corrected chi connectivity index (χ2v) is 9.72. The molecule has 1 atom stereocenters. The molecule has 4 aromatic rings. The topological polar surface area (TPSA) is 94.1 Å². The average molecular weight is 523 g/mol. The predicted octanol–water partition coefficient (Wildman–Crippen LogP) is 5.78. The summed E-state index contributed by atoms with van der Waals surface area (Å²) < 4.78 is 75.4. The van der Waals surface area contributed by atoms with E-state index in [0.717, 1.165) is 17.3 Å². The number of rotatable bonds is 6. The van der Waals surface area contributed by atoms with Gasteiger partial charge in [0.15, 0.2) is 0 Å². The zero-order valence-corrected chi connectivity index (χ0v) is 19.9. The molecule has 1 N–H and O–H groups in total. The van der Waals surface area contributed by atoms with Crippen molar-refractivity contribution in [3.63, 3.8) is 0 Å². The Balaban J connectivity index is 1.87. The molecule has 2 aromatic heterocycles. The minimum absolute atomic E-state index is 0.0776. The first-order valence-electron chi connectivity index (χ1n) is 10.2. The van der Waals surface area contributed by atoms with Crippen LogP contribution in [0.15, 0.2) is 65.8 Å². The number of anilines is 1. The molecular weight excluding hydrogens is 505 g/mol. The molecule has 0 fully saturated rings. The Kier molecular flexibility index (Phi) is 6.56. The first-order chi connectivity index (χ1) is 16.5. The van der Waals surface area contributed by atoms with E-state index in [-0.39, 0.29) is 26.5 Å². The van der Waals surface area contributed by atoms with Crippen LogP contribution in [0.2, 0.25) is 5.02 Å². The van der Waals surface area contributed by atoms with E-state index in [1.165, 1.54) is 36.5 Å². The number of hydrogen-bond acceptors (Lipinski definition) is 6. The highest BCUT2D eigenvalue weighted by Gasteiger charge is 2.44. The Morgan fingerprint density at radius 2 is 1.66 bits per heavy atom. The molecule has 7 nitrogen and oxygen atoms in total. The lowest BCUT2D eigenvalue weighted by Crippen LogP contribution is -2.27. The SMILES string of the molecule is Cc1cc2nc(NS(=O)(=O)c3ccccc3Cl)c(OC(c3cccnc3)C(F)(F)F)nc2cc1C. The number of fused-ring (bicyclic) bond motifs is 1. The van der Waals surface area contributed by atoms with Gasteiger partial charge in [0, 0.05) is 18.0 Å². The molecule has 0 amide bonds. The van der Waals surface area contributed by atoms with Crippen molar-refractivity contribution in [3.8, 4) is 5.88 Å². The first kappa shape index (κ1) is 24.7. The number of halogens is 4. The summed E-state index contributed by atoms with van der Waals surface area (Å²) >= 11 is 6.03. The van der Waals surface area contributed by atoms with Crippen molar-refractivity contribution in [1.82, 2.24) is 15.0 Å². The van der Waals surface area contributed by atoms with Gasteiger partial charge in [0.1, 0.15) is 4.90 Å². The molecule has 2 heterocycles. The van der Waals surface area contributed by atoms with Crippen molar-refractivity contribution in [2.45, 2.75) is 31.0 Å². The highest BCUT2D eigenvalue weighted by atomic mass is 35.5. The molecule has 0 saturated carbocycles. The van der Waals surface area contributed by atoms with Crippen LogP contribution in [0, 0.1) is 13.8 Å². The molecule has 1 unspecified atom stereocenters. The number of ether oxygens (including phenoxy) is 1. The molecule has 0 saturated heterocycles. The maximum Gasteiger partial charge on any atom is 0.429 e. The minimum atomic E-state index is -4.86. The summed E-state index contributed by atoms with van der Waals surface area (Å²) in [4.78, 5) is 11.9. The van der Waals surface area contributed by atoms with Crippen molar-refractivity contribution >= 4 is 38.5 Å². The number of alkyl halides is 3. The fourth-order valence-corrected chi connectivity index (χ4v) is 4.78. The smallest absolute Gasteiger partial charge is 0.429 e. The summed E-state index contributed by atoms with van der Waals surface area (Å²) in [6.07, 6.45) is -5.01. The van der Waals surface area contributed by atoms with Crippen molar-refractivity contribution in [3.05, 3.63) is 82.6 Å². The van der Waals surface area contributed by atoms with Crippen LogP contribution in [0.3, 0.4) is 0 Å². The van der Waals surface area contributed by atoms with Crippen molar-refractivity contribution in [1.29, 1.82) is 0 Å². The second kappa shape index (κ2) is 9.31. The highest BCUT2D eigenvalue weighted by molar-refractivity contribution is 7.92. The summed E-state index contributed by atoms with van der Waals surface area (Å²) in [6, 6.07) is 11.4. The summed E-state index contributed by atoms with van der Waals surface area (Å²) in [5.74, 6) is -1.17. The molecule has 182 valence electrons. The maximum absolute atomic E-state index is 14.0. The normalized spacial score (nSPS) is 13.0. The maximum atomic E-state index is 14.0. The Morgan fingerprint density at radius 3 is 2.26 bits per heavy atom. The Bertz CT molecular complexity index is 1500. The number of pyridine rings is 1. The highest BCUT2D eigenvalue weighted by Crippen LogP contribution is 2.39. The molecule has 0 aliphatic rings. The van der Waals surface area contributed by atoms with Crippen molar-refractivity contribution in [2.75, 3.05) is 4.72 Å². The molecule has 0 spiro atoms. The molecular formula is C23H18ClF3N4O3S. The molecule has 0 bridgehead atoms. The summed E-state index contributed by atoms with van der Waals surface area (Å²) in [7, 11) is -4.35. The van der Waals surface area contributed by atoms with Crippen LogP contribution in [-0.4, -0.2) is 29.5 Å². The van der Waals surface area contributed by atoms with E-state index in [9.17, 15) is 21.6 Å². The van der Waals surface area contributed by atoms with Crippen molar-refractivity contribution in [2.24, 2.45) is 0 Å². The third kappa shape index (κ3) is 5.30. The van der Waals surface area contributed by atoms with Gasteiger partial charge in [-0.15, -0.1) is 0 Å². The summed E-state index contributed by atoms with van der Waals surface area (Å²) in [5, 5.41) is -0.0776. The Labute approximate surface area is 204 Å². The van der Waals surface area contributed by atoms with Crippen LogP contribution >= 0.6 is 11.6 Å². The zero-order valence-electron chi connectivity index (χ0n) is 18.3. The molecule has 0 aliphatic carbocycles. The number of benzene rings is 2. The molecule has 0 radical (unpaired) electrons. The van der Waals surface area contributed by atoms with Gasteiger partial charge in [0.25, 0.3) is 15.9 Å². The minimum Gasteiger partial charge on any atom is -0.457 e. The first-order valence-corrected chi connectivity index (χ1v) is 12.0. The van der Waals surface area contributed by atoms with Gasteiger partial charge in [-0.3, -0.25) is 9.71 Å². The number of nitrogens with zero attached hydrogens (tertiary/aromatic N) is 3. The number of aromatic nitrogens is 3. The molecule has 12 heteroatoms. The fourth-order valence-electron chi connectivity index (χ4n) is 3.26. The van der Waals surface area contributed by atoms with Gasteiger partial charge >= 0.3 is 6.18 Å². The zero-order chi connectivity index (χ0) is 25.4. The third-order valence-corrected chi connectivity index (χ3v) is 6.96. The van der Waals surface area contributed by atoms with Gasteiger partial charge in [-0.05, 0) is 55.3 Å². The molecule has 2 aromatic carbocycles. The lowest BCUT2D eigenvalue weighted by atomic mass is 10.1. The number of sulfonamides is 1. The van der Waals surface area contributed by atoms with Gasteiger partial charge in [0.05, 0.1) is 16.1 Å². The van der Waals surface area contributed by atoms with Gasteiger partial charge in [-0.1, -0.05) is 29.8 Å². The van der Waals surface area contributed by atoms with Crippen molar-refractivity contribution < 1.29 is 26.3 Å². The quantitative estimate of drug-likeness (QED) is 0.345. The molecule has 35 heavy (non-hydrogen) atoms. The molecule has 4 rings (SSSR count). The predicted molar refractivity (Wildman–Crippen MR) is 125 cm³/mol. The van der Waals surface area contributed by atoms with Gasteiger partial charge in [-0.25, -0.2) is 18.4 Å². The number of aryl methyl sites for hydroxylation is 2. The number of hydrogen-bond donors (Lipinski definition) is 1.